The van der Waals surface area contributed by atoms with Gasteiger partial charge >= 0.3 is 0 Å². The summed E-state index contributed by atoms with van der Waals surface area (Å²) in [5, 5.41) is 3.05. The molecule has 128 valence electrons. The van der Waals surface area contributed by atoms with Crippen LogP contribution in [0.15, 0.2) is 48.5 Å². The molecule has 0 spiro atoms. The third-order valence-electron chi connectivity index (χ3n) is 3.96. The van der Waals surface area contributed by atoms with E-state index in [2.05, 4.69) is 5.32 Å². The topological polar surface area (TPSA) is 38.3 Å². The van der Waals surface area contributed by atoms with E-state index >= 15 is 0 Å². The van der Waals surface area contributed by atoms with Crippen molar-refractivity contribution in [1.82, 2.24) is 5.32 Å². The predicted molar refractivity (Wildman–Crippen MR) is 93.5 cm³/mol. The minimum absolute atomic E-state index is 0.0519. The van der Waals surface area contributed by atoms with Crippen molar-refractivity contribution in [3.05, 3.63) is 65.5 Å². The summed E-state index contributed by atoms with van der Waals surface area (Å²) in [4.78, 5) is 12.5. The molecule has 0 aliphatic rings. The lowest BCUT2D eigenvalue weighted by Gasteiger charge is -2.22. The summed E-state index contributed by atoms with van der Waals surface area (Å²) in [5.74, 6) is 0.00121. The van der Waals surface area contributed by atoms with Crippen LogP contribution in [0.1, 0.15) is 43.9 Å². The van der Waals surface area contributed by atoms with Crippen molar-refractivity contribution >= 4 is 5.91 Å². The van der Waals surface area contributed by atoms with Crippen molar-refractivity contribution in [2.45, 2.75) is 45.8 Å². The summed E-state index contributed by atoms with van der Waals surface area (Å²) >= 11 is 0. The Morgan fingerprint density at radius 3 is 2.21 bits per heavy atom. The Morgan fingerprint density at radius 1 is 1.04 bits per heavy atom. The zero-order valence-corrected chi connectivity index (χ0v) is 14.4. The molecule has 1 amide bonds. The largest absolute Gasteiger partial charge is 0.481 e. The van der Waals surface area contributed by atoms with Gasteiger partial charge in [-0.1, -0.05) is 43.7 Å². The van der Waals surface area contributed by atoms with Crippen LogP contribution >= 0.6 is 0 Å². The second kappa shape index (κ2) is 8.48. The third-order valence-corrected chi connectivity index (χ3v) is 3.96. The van der Waals surface area contributed by atoms with E-state index in [1.54, 1.807) is 0 Å². The molecule has 0 bridgehead atoms. The Hall–Kier alpha value is -2.36. The highest BCUT2D eigenvalue weighted by Crippen LogP contribution is 2.19. The zero-order valence-electron chi connectivity index (χ0n) is 14.4. The Kier molecular flexibility index (Phi) is 6.36. The van der Waals surface area contributed by atoms with E-state index in [4.69, 9.17) is 4.74 Å². The molecule has 2 aromatic carbocycles. The van der Waals surface area contributed by atoms with Gasteiger partial charge in [-0.15, -0.1) is 0 Å². The highest BCUT2D eigenvalue weighted by Gasteiger charge is 2.21. The highest BCUT2D eigenvalue weighted by molar-refractivity contribution is 5.81. The molecule has 3 nitrogen and oxygen atoms in total. The van der Waals surface area contributed by atoms with Crippen molar-refractivity contribution in [2.24, 2.45) is 0 Å². The molecule has 4 heteroatoms. The summed E-state index contributed by atoms with van der Waals surface area (Å²) in [6, 6.07) is 13.8. The molecule has 0 fully saturated rings. The first kappa shape index (κ1) is 18.0. The molecule has 0 aliphatic carbocycles. The van der Waals surface area contributed by atoms with Crippen molar-refractivity contribution in [1.29, 1.82) is 0 Å². The molecule has 0 unspecified atom stereocenters. The maximum Gasteiger partial charge on any atom is 0.261 e. The number of ether oxygens (including phenoxy) is 1. The fraction of sp³-hybridized carbons (Fsp3) is 0.350. The van der Waals surface area contributed by atoms with Crippen molar-refractivity contribution in [3.8, 4) is 5.75 Å². The fourth-order valence-electron chi connectivity index (χ4n) is 2.48. The van der Waals surface area contributed by atoms with Crippen LogP contribution in [0, 0.1) is 12.7 Å². The maximum atomic E-state index is 13.0. The summed E-state index contributed by atoms with van der Waals surface area (Å²) in [5.41, 5.74) is 2.26. The molecule has 0 radical (unpaired) electrons. The standard InChI is InChI=1S/C20H24FNO2/c1-4-18(15-8-6-14(3)7-9-15)22-20(23)19(5-2)24-17-12-10-16(21)11-13-17/h6-13,18-19H,4-5H2,1-3H3,(H,22,23)/t18-,19+/m1/s1. The van der Waals surface area contributed by atoms with Gasteiger partial charge in [-0.2, -0.15) is 0 Å². The molecule has 2 aromatic rings. The number of hydrogen-bond donors (Lipinski definition) is 1. The van der Waals surface area contributed by atoms with E-state index in [1.807, 2.05) is 45.0 Å². The lowest BCUT2D eigenvalue weighted by molar-refractivity contribution is -0.128. The summed E-state index contributed by atoms with van der Waals surface area (Å²) in [7, 11) is 0. The number of carbonyl (C=O) groups is 1. The Balaban J connectivity index is 2.04. The van der Waals surface area contributed by atoms with Crippen LogP contribution in [0.3, 0.4) is 0 Å². The van der Waals surface area contributed by atoms with E-state index in [0.717, 1.165) is 12.0 Å². The van der Waals surface area contributed by atoms with Crippen LogP contribution in [0.25, 0.3) is 0 Å². The first-order chi connectivity index (χ1) is 11.5. The summed E-state index contributed by atoms with van der Waals surface area (Å²) < 4.78 is 18.7. The van der Waals surface area contributed by atoms with Gasteiger partial charge in [0.25, 0.3) is 5.91 Å². The van der Waals surface area contributed by atoms with Crippen LogP contribution < -0.4 is 10.1 Å². The normalized spacial score (nSPS) is 13.2. The number of hydrogen-bond acceptors (Lipinski definition) is 2. The Morgan fingerprint density at radius 2 is 1.67 bits per heavy atom. The lowest BCUT2D eigenvalue weighted by atomic mass is 10.0. The monoisotopic (exact) mass is 329 g/mol. The molecule has 1 N–H and O–H groups in total. The van der Waals surface area contributed by atoms with Crippen LogP contribution in [0.5, 0.6) is 5.75 Å². The predicted octanol–water partition coefficient (Wildman–Crippen LogP) is 4.56. The molecule has 0 saturated carbocycles. The van der Waals surface area contributed by atoms with Crippen LogP contribution in [0.4, 0.5) is 4.39 Å². The minimum atomic E-state index is -0.602. The van der Waals surface area contributed by atoms with E-state index in [9.17, 15) is 9.18 Å². The maximum absolute atomic E-state index is 13.0. The lowest BCUT2D eigenvalue weighted by Crippen LogP contribution is -2.39. The molecule has 0 aliphatic heterocycles. The summed E-state index contributed by atoms with van der Waals surface area (Å²) in [6.07, 6.45) is 0.727. The number of amides is 1. The van der Waals surface area contributed by atoms with E-state index in [-0.39, 0.29) is 17.8 Å². The van der Waals surface area contributed by atoms with Gasteiger partial charge in [0.05, 0.1) is 6.04 Å². The first-order valence-corrected chi connectivity index (χ1v) is 8.32. The van der Waals surface area contributed by atoms with Gasteiger partial charge in [-0.3, -0.25) is 4.79 Å². The number of rotatable bonds is 7. The number of nitrogens with one attached hydrogen (secondary N) is 1. The number of carbonyl (C=O) groups excluding carboxylic acids is 1. The zero-order chi connectivity index (χ0) is 17.5. The number of benzene rings is 2. The molecule has 0 heterocycles. The third kappa shape index (κ3) is 4.82. The van der Waals surface area contributed by atoms with E-state index < -0.39 is 6.10 Å². The molecule has 24 heavy (non-hydrogen) atoms. The van der Waals surface area contributed by atoms with E-state index in [0.29, 0.717) is 12.2 Å². The summed E-state index contributed by atoms with van der Waals surface area (Å²) in [6.45, 7) is 5.96. The first-order valence-electron chi connectivity index (χ1n) is 8.32. The van der Waals surface area contributed by atoms with Gasteiger partial charge in [-0.05, 0) is 49.6 Å². The second-order valence-corrected chi connectivity index (χ2v) is 5.85. The minimum Gasteiger partial charge on any atom is -0.481 e. The molecule has 2 rings (SSSR count). The molecule has 0 aromatic heterocycles. The van der Waals surface area contributed by atoms with Gasteiger partial charge in [0.1, 0.15) is 11.6 Å². The van der Waals surface area contributed by atoms with Gasteiger partial charge in [0.15, 0.2) is 6.10 Å². The Labute approximate surface area is 142 Å². The van der Waals surface area contributed by atoms with Gasteiger partial charge in [0.2, 0.25) is 0 Å². The molecule has 2 atom stereocenters. The van der Waals surface area contributed by atoms with Crippen molar-refractivity contribution < 1.29 is 13.9 Å². The fourth-order valence-corrected chi connectivity index (χ4v) is 2.48. The van der Waals surface area contributed by atoms with Gasteiger partial charge < -0.3 is 10.1 Å². The SMILES string of the molecule is CC[C@H](Oc1ccc(F)cc1)C(=O)N[C@H](CC)c1ccc(C)cc1. The molecular formula is C20H24FNO2. The second-order valence-electron chi connectivity index (χ2n) is 5.85. The van der Waals surface area contributed by atoms with Crippen LogP contribution in [-0.4, -0.2) is 12.0 Å². The van der Waals surface area contributed by atoms with Crippen LogP contribution in [-0.2, 0) is 4.79 Å². The van der Waals surface area contributed by atoms with Gasteiger partial charge in [-0.25, -0.2) is 4.39 Å². The molecule has 0 saturated heterocycles. The quantitative estimate of drug-likeness (QED) is 0.809. The number of aryl methyl sites for hydroxylation is 1. The Bertz CT molecular complexity index is 652. The highest BCUT2D eigenvalue weighted by atomic mass is 19.1. The van der Waals surface area contributed by atoms with Crippen molar-refractivity contribution in [3.63, 3.8) is 0 Å². The molecular weight excluding hydrogens is 305 g/mol. The number of halogens is 1. The average molecular weight is 329 g/mol. The smallest absolute Gasteiger partial charge is 0.261 e. The van der Waals surface area contributed by atoms with Crippen molar-refractivity contribution in [2.75, 3.05) is 0 Å². The van der Waals surface area contributed by atoms with Gasteiger partial charge in [0, 0.05) is 0 Å². The average Bonchev–Trinajstić information content (AvgIpc) is 2.59. The van der Waals surface area contributed by atoms with E-state index in [1.165, 1.54) is 29.8 Å². The van der Waals surface area contributed by atoms with Crippen LogP contribution in [0.2, 0.25) is 0 Å².